The zero-order valence-corrected chi connectivity index (χ0v) is 11.5. The minimum atomic E-state index is 0.657. The van der Waals surface area contributed by atoms with Crippen molar-refractivity contribution in [2.75, 3.05) is 39.9 Å². The van der Waals surface area contributed by atoms with Gasteiger partial charge < -0.3 is 15.0 Å². The van der Waals surface area contributed by atoms with Crippen molar-refractivity contribution in [3.63, 3.8) is 0 Å². The highest BCUT2D eigenvalue weighted by molar-refractivity contribution is 4.82. The lowest BCUT2D eigenvalue weighted by molar-refractivity contribution is 0.0187. The van der Waals surface area contributed by atoms with Crippen LogP contribution in [0.5, 0.6) is 0 Å². The topological polar surface area (TPSA) is 24.5 Å². The van der Waals surface area contributed by atoms with Crippen molar-refractivity contribution in [2.24, 2.45) is 11.8 Å². The van der Waals surface area contributed by atoms with Gasteiger partial charge in [0.2, 0.25) is 0 Å². The van der Waals surface area contributed by atoms with Gasteiger partial charge in [-0.1, -0.05) is 6.92 Å². The Balaban J connectivity index is 1.81. The van der Waals surface area contributed by atoms with Gasteiger partial charge in [-0.2, -0.15) is 0 Å². The molecule has 0 amide bonds. The summed E-state index contributed by atoms with van der Waals surface area (Å²) < 4.78 is 5.64. The first kappa shape index (κ1) is 13.3. The predicted octanol–water partition coefficient (Wildman–Crippen LogP) is 1.73. The maximum atomic E-state index is 5.64. The van der Waals surface area contributed by atoms with Crippen LogP contribution in [0.1, 0.15) is 32.6 Å². The highest BCUT2D eigenvalue weighted by Crippen LogP contribution is 2.20. The summed E-state index contributed by atoms with van der Waals surface area (Å²) in [7, 11) is 2.09. The van der Waals surface area contributed by atoms with Crippen LogP contribution in [0.25, 0.3) is 0 Å². The van der Waals surface area contributed by atoms with Crippen LogP contribution >= 0.6 is 0 Å². The first-order chi connectivity index (χ1) is 8.29. The Morgan fingerprint density at radius 1 is 1.24 bits per heavy atom. The minimum Gasteiger partial charge on any atom is -0.381 e. The molecule has 17 heavy (non-hydrogen) atoms. The van der Waals surface area contributed by atoms with E-state index in [4.69, 9.17) is 4.74 Å². The smallest absolute Gasteiger partial charge is 0.0521 e. The van der Waals surface area contributed by atoms with Gasteiger partial charge in [-0.25, -0.2) is 0 Å². The molecule has 0 aromatic rings. The van der Waals surface area contributed by atoms with Crippen molar-refractivity contribution in [1.82, 2.24) is 10.2 Å². The Morgan fingerprint density at radius 3 is 2.94 bits per heavy atom. The normalized spacial score (nSPS) is 36.7. The Labute approximate surface area is 106 Å². The first-order valence-corrected chi connectivity index (χ1v) is 7.27. The van der Waals surface area contributed by atoms with Crippen molar-refractivity contribution in [1.29, 1.82) is 0 Å². The molecule has 0 aliphatic carbocycles. The van der Waals surface area contributed by atoms with Crippen LogP contribution in [0, 0.1) is 11.8 Å². The number of rotatable bonds is 3. The summed E-state index contributed by atoms with van der Waals surface area (Å²) in [4.78, 5) is 2.66. The quantitative estimate of drug-likeness (QED) is 0.813. The maximum absolute atomic E-state index is 5.64. The highest BCUT2D eigenvalue weighted by atomic mass is 16.5. The van der Waals surface area contributed by atoms with Gasteiger partial charge in [-0.05, 0) is 51.7 Å². The molecular weight excluding hydrogens is 212 g/mol. The van der Waals surface area contributed by atoms with Gasteiger partial charge in [-0.3, -0.25) is 0 Å². The molecule has 1 N–H and O–H groups in total. The lowest BCUT2D eigenvalue weighted by Crippen LogP contribution is -2.46. The second kappa shape index (κ2) is 6.72. The molecule has 3 atom stereocenters. The molecule has 2 aliphatic heterocycles. The molecule has 3 heteroatoms. The van der Waals surface area contributed by atoms with Gasteiger partial charge in [0.25, 0.3) is 0 Å². The SMILES string of the molecule is CNC1CCOCC1CN1CCCC(C)CC1. The highest BCUT2D eigenvalue weighted by Gasteiger charge is 2.26. The molecule has 2 rings (SSSR count). The standard InChI is InChI=1S/C14H28N2O/c1-12-4-3-7-16(8-5-12)10-13-11-17-9-6-14(13)15-2/h12-15H,3-11H2,1-2H3. The molecule has 2 heterocycles. The van der Waals surface area contributed by atoms with Crippen LogP contribution in [-0.4, -0.2) is 50.8 Å². The lowest BCUT2D eigenvalue weighted by Gasteiger charge is -2.35. The predicted molar refractivity (Wildman–Crippen MR) is 71.2 cm³/mol. The van der Waals surface area contributed by atoms with E-state index < -0.39 is 0 Å². The number of hydrogen-bond donors (Lipinski definition) is 1. The summed E-state index contributed by atoms with van der Waals surface area (Å²) in [6.07, 6.45) is 5.33. The van der Waals surface area contributed by atoms with Crippen LogP contribution in [0.15, 0.2) is 0 Å². The van der Waals surface area contributed by atoms with Gasteiger partial charge in [-0.15, -0.1) is 0 Å². The van der Waals surface area contributed by atoms with Gasteiger partial charge in [0.05, 0.1) is 6.61 Å². The fraction of sp³-hybridized carbons (Fsp3) is 1.00. The zero-order valence-electron chi connectivity index (χ0n) is 11.5. The molecule has 0 aromatic carbocycles. The summed E-state index contributed by atoms with van der Waals surface area (Å²) in [5, 5.41) is 3.46. The van der Waals surface area contributed by atoms with E-state index in [1.807, 2.05) is 0 Å². The van der Waals surface area contributed by atoms with Crippen molar-refractivity contribution in [3.05, 3.63) is 0 Å². The number of ether oxygens (including phenoxy) is 1. The summed E-state index contributed by atoms with van der Waals surface area (Å²) >= 11 is 0. The summed E-state index contributed by atoms with van der Waals surface area (Å²) in [5.41, 5.74) is 0. The van der Waals surface area contributed by atoms with E-state index in [0.717, 1.165) is 19.1 Å². The molecule has 2 saturated heterocycles. The van der Waals surface area contributed by atoms with E-state index in [2.05, 4.69) is 24.2 Å². The van der Waals surface area contributed by atoms with Crippen molar-refractivity contribution in [2.45, 2.75) is 38.6 Å². The molecule has 3 nitrogen and oxygen atoms in total. The van der Waals surface area contributed by atoms with Gasteiger partial charge in [0.1, 0.15) is 0 Å². The third kappa shape index (κ3) is 3.94. The summed E-state index contributed by atoms with van der Waals surface area (Å²) in [6.45, 7) is 8.06. The largest absolute Gasteiger partial charge is 0.381 e. The summed E-state index contributed by atoms with van der Waals surface area (Å²) in [5.74, 6) is 1.60. The van der Waals surface area contributed by atoms with Crippen LogP contribution in [-0.2, 0) is 4.74 Å². The van der Waals surface area contributed by atoms with Crippen molar-refractivity contribution >= 4 is 0 Å². The second-order valence-corrected chi connectivity index (χ2v) is 5.86. The van der Waals surface area contributed by atoms with Gasteiger partial charge in [0, 0.05) is 25.1 Å². The Morgan fingerprint density at radius 2 is 2.12 bits per heavy atom. The number of hydrogen-bond acceptors (Lipinski definition) is 3. The fourth-order valence-corrected chi connectivity index (χ4v) is 3.19. The van der Waals surface area contributed by atoms with E-state index in [1.54, 1.807) is 0 Å². The second-order valence-electron chi connectivity index (χ2n) is 5.86. The van der Waals surface area contributed by atoms with Crippen LogP contribution < -0.4 is 5.32 Å². The maximum Gasteiger partial charge on any atom is 0.0521 e. The average Bonchev–Trinajstić information content (AvgIpc) is 2.55. The number of nitrogens with one attached hydrogen (secondary N) is 1. The lowest BCUT2D eigenvalue weighted by atomic mass is 9.95. The molecule has 0 bridgehead atoms. The third-order valence-electron chi connectivity index (χ3n) is 4.45. The van der Waals surface area contributed by atoms with Crippen LogP contribution in [0.4, 0.5) is 0 Å². The number of likely N-dealkylation sites (tertiary alicyclic amines) is 1. The summed E-state index contributed by atoms with van der Waals surface area (Å²) in [6, 6.07) is 0.657. The molecule has 0 radical (unpaired) electrons. The molecule has 2 aliphatic rings. The Hall–Kier alpha value is -0.120. The van der Waals surface area contributed by atoms with E-state index in [9.17, 15) is 0 Å². The Bertz CT molecular complexity index is 222. The fourth-order valence-electron chi connectivity index (χ4n) is 3.19. The van der Waals surface area contributed by atoms with Crippen molar-refractivity contribution in [3.8, 4) is 0 Å². The van der Waals surface area contributed by atoms with Gasteiger partial charge in [0.15, 0.2) is 0 Å². The number of nitrogens with zero attached hydrogens (tertiary/aromatic N) is 1. The van der Waals surface area contributed by atoms with Crippen LogP contribution in [0.2, 0.25) is 0 Å². The molecule has 0 saturated carbocycles. The van der Waals surface area contributed by atoms with E-state index >= 15 is 0 Å². The van der Waals surface area contributed by atoms with E-state index in [0.29, 0.717) is 12.0 Å². The zero-order chi connectivity index (χ0) is 12.1. The average molecular weight is 240 g/mol. The molecule has 0 spiro atoms. The molecular formula is C14H28N2O. The van der Waals surface area contributed by atoms with E-state index in [1.165, 1.54) is 45.3 Å². The molecule has 0 aromatic heterocycles. The molecule has 2 fully saturated rings. The molecule has 3 unspecified atom stereocenters. The Kier molecular flexibility index (Phi) is 5.26. The third-order valence-corrected chi connectivity index (χ3v) is 4.45. The van der Waals surface area contributed by atoms with E-state index in [-0.39, 0.29) is 0 Å². The van der Waals surface area contributed by atoms with Crippen molar-refractivity contribution < 1.29 is 4.74 Å². The van der Waals surface area contributed by atoms with Crippen LogP contribution in [0.3, 0.4) is 0 Å². The minimum absolute atomic E-state index is 0.657. The van der Waals surface area contributed by atoms with Gasteiger partial charge >= 0.3 is 0 Å². The monoisotopic (exact) mass is 240 g/mol. The first-order valence-electron chi connectivity index (χ1n) is 7.27. The molecule has 100 valence electrons.